The summed E-state index contributed by atoms with van der Waals surface area (Å²) in [6.45, 7) is 0. The van der Waals surface area contributed by atoms with E-state index in [1.165, 1.54) is 14.2 Å². The Morgan fingerprint density at radius 2 is 1.67 bits per heavy atom. The summed E-state index contributed by atoms with van der Waals surface area (Å²) in [4.78, 5) is 12.1. The van der Waals surface area contributed by atoms with E-state index in [2.05, 4.69) is 5.32 Å². The van der Waals surface area contributed by atoms with E-state index in [9.17, 15) is 4.79 Å². The number of carbonyl (C=O) groups excluding carboxylic acids is 1. The van der Waals surface area contributed by atoms with Gasteiger partial charge in [0.05, 0.1) is 25.6 Å². The van der Waals surface area contributed by atoms with Gasteiger partial charge in [-0.25, -0.2) is 0 Å². The summed E-state index contributed by atoms with van der Waals surface area (Å²) >= 11 is 5.79. The first-order valence-electron chi connectivity index (χ1n) is 6.13. The molecule has 110 valence electrons. The minimum Gasteiger partial charge on any atom is -0.493 e. The Balaban J connectivity index is 2.26. The van der Waals surface area contributed by atoms with Gasteiger partial charge in [0.15, 0.2) is 11.5 Å². The van der Waals surface area contributed by atoms with Gasteiger partial charge in [-0.2, -0.15) is 0 Å². The third-order valence-electron chi connectivity index (χ3n) is 2.91. The summed E-state index contributed by atoms with van der Waals surface area (Å²) in [6, 6.07) is 9.77. The number of nitrogen functional groups attached to an aromatic ring is 1. The van der Waals surface area contributed by atoms with Crippen LogP contribution in [0.25, 0.3) is 0 Å². The van der Waals surface area contributed by atoms with Crippen molar-refractivity contribution in [3.63, 3.8) is 0 Å². The molecule has 1 amide bonds. The number of rotatable bonds is 4. The molecule has 2 aromatic carbocycles. The highest BCUT2D eigenvalue weighted by Gasteiger charge is 2.12. The molecule has 0 radical (unpaired) electrons. The molecule has 0 bridgehead atoms. The average molecular weight is 307 g/mol. The fraction of sp³-hybridized carbons (Fsp3) is 0.133. The number of nitrogens with one attached hydrogen (secondary N) is 1. The Morgan fingerprint density at radius 1 is 1.10 bits per heavy atom. The summed E-state index contributed by atoms with van der Waals surface area (Å²) in [5.41, 5.74) is 7.22. The van der Waals surface area contributed by atoms with Gasteiger partial charge in [-0.3, -0.25) is 4.79 Å². The Hall–Kier alpha value is -2.40. The summed E-state index contributed by atoms with van der Waals surface area (Å²) in [7, 11) is 3.03. The molecule has 5 nitrogen and oxygen atoms in total. The third-order valence-corrected chi connectivity index (χ3v) is 3.16. The molecule has 0 aromatic heterocycles. The molecule has 0 fully saturated rings. The van der Waals surface area contributed by atoms with Crippen molar-refractivity contribution in [1.82, 2.24) is 0 Å². The lowest BCUT2D eigenvalue weighted by molar-refractivity contribution is 0.102. The molecule has 2 aromatic rings. The van der Waals surface area contributed by atoms with Gasteiger partial charge in [0, 0.05) is 22.7 Å². The van der Waals surface area contributed by atoms with Crippen molar-refractivity contribution in [3.8, 4) is 11.5 Å². The van der Waals surface area contributed by atoms with Crippen LogP contribution in [0.4, 0.5) is 11.4 Å². The monoisotopic (exact) mass is 306 g/mol. The van der Waals surface area contributed by atoms with Crippen molar-refractivity contribution < 1.29 is 14.3 Å². The number of hydrogen-bond acceptors (Lipinski definition) is 4. The number of carbonyl (C=O) groups is 1. The molecule has 0 saturated carbocycles. The summed E-state index contributed by atoms with van der Waals surface area (Å²) in [5, 5.41) is 3.30. The fourth-order valence-electron chi connectivity index (χ4n) is 1.80. The van der Waals surface area contributed by atoms with Gasteiger partial charge in [-0.05, 0) is 24.3 Å². The number of benzene rings is 2. The van der Waals surface area contributed by atoms with Crippen molar-refractivity contribution in [2.24, 2.45) is 0 Å². The second-order valence-electron chi connectivity index (χ2n) is 4.26. The van der Waals surface area contributed by atoms with Crippen LogP contribution >= 0.6 is 11.6 Å². The quantitative estimate of drug-likeness (QED) is 0.851. The molecule has 3 N–H and O–H groups in total. The van der Waals surface area contributed by atoms with E-state index in [-0.39, 0.29) is 5.91 Å². The molecule has 0 atom stereocenters. The minimum absolute atomic E-state index is 0.286. The summed E-state index contributed by atoms with van der Waals surface area (Å²) < 4.78 is 10.3. The Morgan fingerprint density at radius 3 is 2.24 bits per heavy atom. The van der Waals surface area contributed by atoms with Gasteiger partial charge in [0.25, 0.3) is 5.91 Å². The minimum atomic E-state index is -0.286. The number of halogens is 1. The van der Waals surface area contributed by atoms with E-state index >= 15 is 0 Å². The SMILES string of the molecule is COc1cc(N)c(NC(=O)c2ccc(Cl)cc2)cc1OC. The lowest BCUT2D eigenvalue weighted by Gasteiger charge is -2.13. The van der Waals surface area contributed by atoms with Crippen molar-refractivity contribution in [2.75, 3.05) is 25.3 Å². The Kier molecular flexibility index (Phi) is 4.55. The van der Waals surface area contributed by atoms with Crippen molar-refractivity contribution in [1.29, 1.82) is 0 Å². The van der Waals surface area contributed by atoms with Crippen molar-refractivity contribution in [2.45, 2.75) is 0 Å². The molecule has 0 spiro atoms. The van der Waals surface area contributed by atoms with Crippen LogP contribution in [0.5, 0.6) is 11.5 Å². The highest BCUT2D eigenvalue weighted by Crippen LogP contribution is 2.35. The first-order valence-corrected chi connectivity index (χ1v) is 6.51. The molecule has 0 aliphatic carbocycles. The zero-order valence-corrected chi connectivity index (χ0v) is 12.4. The number of anilines is 2. The predicted octanol–water partition coefficient (Wildman–Crippen LogP) is 3.19. The maximum absolute atomic E-state index is 12.1. The number of hydrogen-bond donors (Lipinski definition) is 2. The average Bonchev–Trinajstić information content (AvgIpc) is 2.49. The van der Waals surface area contributed by atoms with Crippen molar-refractivity contribution >= 4 is 28.9 Å². The lowest BCUT2D eigenvalue weighted by Crippen LogP contribution is -2.13. The second kappa shape index (κ2) is 6.37. The van der Waals surface area contributed by atoms with Gasteiger partial charge in [-0.1, -0.05) is 11.6 Å². The molecule has 0 heterocycles. The molecule has 0 saturated heterocycles. The van der Waals surface area contributed by atoms with Crippen LogP contribution in [0.2, 0.25) is 5.02 Å². The molecular formula is C15H15ClN2O3. The van der Waals surface area contributed by atoms with Crippen LogP contribution in [0.3, 0.4) is 0 Å². The van der Waals surface area contributed by atoms with Crippen LogP contribution in [0.15, 0.2) is 36.4 Å². The van der Waals surface area contributed by atoms with Crippen LogP contribution in [-0.4, -0.2) is 20.1 Å². The molecule has 0 aliphatic heterocycles. The van der Waals surface area contributed by atoms with E-state index < -0.39 is 0 Å². The maximum atomic E-state index is 12.1. The normalized spacial score (nSPS) is 10.0. The van der Waals surface area contributed by atoms with Gasteiger partial charge in [0.1, 0.15) is 0 Å². The molecular weight excluding hydrogens is 292 g/mol. The van der Waals surface area contributed by atoms with Gasteiger partial charge < -0.3 is 20.5 Å². The highest BCUT2D eigenvalue weighted by atomic mass is 35.5. The third kappa shape index (κ3) is 3.38. The van der Waals surface area contributed by atoms with E-state index in [0.29, 0.717) is 33.5 Å². The molecule has 0 aliphatic rings. The fourth-order valence-corrected chi connectivity index (χ4v) is 1.92. The Bertz CT molecular complexity index is 657. The van der Waals surface area contributed by atoms with Crippen molar-refractivity contribution in [3.05, 3.63) is 47.0 Å². The zero-order valence-electron chi connectivity index (χ0n) is 11.6. The van der Waals surface area contributed by atoms with Gasteiger partial charge in [-0.15, -0.1) is 0 Å². The molecule has 6 heteroatoms. The van der Waals surface area contributed by atoms with E-state index in [1.807, 2.05) is 0 Å². The van der Waals surface area contributed by atoms with Crippen LogP contribution < -0.4 is 20.5 Å². The number of methoxy groups -OCH3 is 2. The van der Waals surface area contributed by atoms with E-state index in [0.717, 1.165) is 0 Å². The number of nitrogens with two attached hydrogens (primary N) is 1. The van der Waals surface area contributed by atoms with Crippen LogP contribution in [-0.2, 0) is 0 Å². The Labute approximate surface area is 127 Å². The second-order valence-corrected chi connectivity index (χ2v) is 4.69. The van der Waals surface area contributed by atoms with Gasteiger partial charge >= 0.3 is 0 Å². The lowest BCUT2D eigenvalue weighted by atomic mass is 10.2. The summed E-state index contributed by atoms with van der Waals surface area (Å²) in [6.07, 6.45) is 0. The number of ether oxygens (including phenoxy) is 2. The molecule has 21 heavy (non-hydrogen) atoms. The number of amides is 1. The highest BCUT2D eigenvalue weighted by molar-refractivity contribution is 6.30. The first kappa shape index (κ1) is 15.0. The smallest absolute Gasteiger partial charge is 0.255 e. The van der Waals surface area contributed by atoms with E-state index in [1.54, 1.807) is 36.4 Å². The topological polar surface area (TPSA) is 73.6 Å². The zero-order chi connectivity index (χ0) is 15.4. The van der Waals surface area contributed by atoms with Crippen LogP contribution in [0, 0.1) is 0 Å². The summed E-state index contributed by atoms with van der Waals surface area (Å²) in [5.74, 6) is 0.697. The molecule has 2 rings (SSSR count). The molecule has 0 unspecified atom stereocenters. The maximum Gasteiger partial charge on any atom is 0.255 e. The van der Waals surface area contributed by atoms with E-state index in [4.69, 9.17) is 26.8 Å². The predicted molar refractivity (Wildman–Crippen MR) is 83.4 cm³/mol. The first-order chi connectivity index (χ1) is 10.0. The van der Waals surface area contributed by atoms with Crippen LogP contribution in [0.1, 0.15) is 10.4 Å². The largest absolute Gasteiger partial charge is 0.493 e. The van der Waals surface area contributed by atoms with Gasteiger partial charge in [0.2, 0.25) is 0 Å². The standard InChI is InChI=1S/C15H15ClN2O3/c1-20-13-7-11(17)12(8-14(13)21-2)18-15(19)9-3-5-10(16)6-4-9/h3-8H,17H2,1-2H3,(H,18,19).